The third kappa shape index (κ3) is 5.04. The Bertz CT molecular complexity index is 821. The predicted octanol–water partition coefficient (Wildman–Crippen LogP) is 0.160. The van der Waals surface area contributed by atoms with Crippen molar-refractivity contribution in [2.24, 2.45) is 0 Å². The lowest BCUT2D eigenvalue weighted by Crippen LogP contribution is -2.32. The fourth-order valence-corrected chi connectivity index (χ4v) is 2.96. The number of amides is 1. The zero-order chi connectivity index (χ0) is 18.2. The van der Waals surface area contributed by atoms with Gasteiger partial charge in [0.1, 0.15) is 6.54 Å². The number of aliphatic hydroxyl groups is 1. The summed E-state index contributed by atoms with van der Waals surface area (Å²) in [5.41, 5.74) is 0.335. The minimum Gasteiger partial charge on any atom is -0.468 e. The third-order valence-corrected chi connectivity index (χ3v) is 4.33. The van der Waals surface area contributed by atoms with Gasteiger partial charge in [0, 0.05) is 13.2 Å². The summed E-state index contributed by atoms with van der Waals surface area (Å²) in [5, 5.41) is 12.3. The van der Waals surface area contributed by atoms with Crippen LogP contribution in [0.3, 0.4) is 0 Å². The SMILES string of the molecule is COC(=O)CNC(=O)CSc1nc2ccccc2c(=O)n1CCCO. The first-order valence-electron chi connectivity index (χ1n) is 7.63. The molecule has 2 aromatic rings. The average molecular weight is 365 g/mol. The molecule has 1 aromatic heterocycles. The van der Waals surface area contributed by atoms with Crippen LogP contribution < -0.4 is 10.9 Å². The van der Waals surface area contributed by atoms with Crippen molar-refractivity contribution in [1.82, 2.24) is 14.9 Å². The van der Waals surface area contributed by atoms with Gasteiger partial charge in [-0.2, -0.15) is 0 Å². The number of nitrogens with one attached hydrogen (secondary N) is 1. The Morgan fingerprint density at radius 1 is 1.36 bits per heavy atom. The molecule has 0 bridgehead atoms. The number of para-hydroxylation sites is 1. The van der Waals surface area contributed by atoms with E-state index in [1.165, 1.54) is 11.7 Å². The summed E-state index contributed by atoms with van der Waals surface area (Å²) in [6.07, 6.45) is 0.405. The Labute approximate surface area is 148 Å². The lowest BCUT2D eigenvalue weighted by Gasteiger charge is -2.12. The van der Waals surface area contributed by atoms with E-state index in [-0.39, 0.29) is 30.4 Å². The average Bonchev–Trinajstić information content (AvgIpc) is 2.63. The quantitative estimate of drug-likeness (QED) is 0.389. The van der Waals surface area contributed by atoms with Gasteiger partial charge < -0.3 is 15.2 Å². The highest BCUT2D eigenvalue weighted by molar-refractivity contribution is 7.99. The molecule has 0 radical (unpaired) electrons. The third-order valence-electron chi connectivity index (χ3n) is 3.36. The molecule has 2 rings (SSSR count). The second kappa shape index (κ2) is 9.19. The van der Waals surface area contributed by atoms with Crippen LogP contribution in [0, 0.1) is 0 Å². The van der Waals surface area contributed by atoms with Crippen LogP contribution in [-0.2, 0) is 20.9 Å². The molecule has 25 heavy (non-hydrogen) atoms. The molecule has 0 fully saturated rings. The number of rotatable bonds is 8. The van der Waals surface area contributed by atoms with E-state index >= 15 is 0 Å². The van der Waals surface area contributed by atoms with Crippen LogP contribution >= 0.6 is 11.8 Å². The fraction of sp³-hybridized carbons (Fsp3) is 0.375. The number of fused-ring (bicyclic) bond motifs is 1. The number of hydrogen-bond donors (Lipinski definition) is 2. The summed E-state index contributed by atoms with van der Waals surface area (Å²) in [6, 6.07) is 6.96. The number of benzene rings is 1. The van der Waals surface area contributed by atoms with Crippen LogP contribution in [0.2, 0.25) is 0 Å². The molecule has 1 aromatic carbocycles. The Kier molecular flexibility index (Phi) is 6.96. The van der Waals surface area contributed by atoms with Gasteiger partial charge in [-0.15, -0.1) is 0 Å². The van der Waals surface area contributed by atoms with Gasteiger partial charge >= 0.3 is 5.97 Å². The Hall–Kier alpha value is -2.39. The first kappa shape index (κ1) is 18.9. The van der Waals surface area contributed by atoms with Crippen molar-refractivity contribution in [2.75, 3.05) is 26.0 Å². The van der Waals surface area contributed by atoms with Gasteiger partial charge in [0.2, 0.25) is 5.91 Å². The van der Waals surface area contributed by atoms with E-state index in [2.05, 4.69) is 15.0 Å². The second-order valence-electron chi connectivity index (χ2n) is 5.09. The van der Waals surface area contributed by atoms with Crippen molar-refractivity contribution in [2.45, 2.75) is 18.1 Å². The van der Waals surface area contributed by atoms with Crippen LogP contribution in [0.1, 0.15) is 6.42 Å². The normalized spacial score (nSPS) is 10.6. The van der Waals surface area contributed by atoms with Crippen molar-refractivity contribution in [3.05, 3.63) is 34.6 Å². The molecule has 0 saturated heterocycles. The number of aliphatic hydroxyl groups excluding tert-OH is 1. The van der Waals surface area contributed by atoms with Crippen molar-refractivity contribution in [1.29, 1.82) is 0 Å². The van der Waals surface area contributed by atoms with Gasteiger partial charge in [-0.25, -0.2) is 4.98 Å². The molecule has 0 atom stereocenters. The monoisotopic (exact) mass is 365 g/mol. The minimum atomic E-state index is -0.540. The standard InChI is InChI=1S/C16H19N3O5S/c1-24-14(22)9-17-13(21)10-25-16-18-12-6-3-2-5-11(12)15(23)19(16)7-4-8-20/h2-3,5-6,20H,4,7-10H2,1H3,(H,17,21). The first-order valence-corrected chi connectivity index (χ1v) is 8.62. The van der Waals surface area contributed by atoms with Crippen LogP contribution in [0.25, 0.3) is 10.9 Å². The highest BCUT2D eigenvalue weighted by atomic mass is 32.2. The maximum atomic E-state index is 12.6. The lowest BCUT2D eigenvalue weighted by molar-refractivity contribution is -0.140. The molecule has 9 heteroatoms. The molecule has 0 spiro atoms. The van der Waals surface area contributed by atoms with E-state index in [0.29, 0.717) is 29.0 Å². The second-order valence-corrected chi connectivity index (χ2v) is 6.03. The Morgan fingerprint density at radius 2 is 2.12 bits per heavy atom. The summed E-state index contributed by atoms with van der Waals surface area (Å²) >= 11 is 1.10. The van der Waals surface area contributed by atoms with Crippen LogP contribution in [0.15, 0.2) is 34.2 Å². The van der Waals surface area contributed by atoms with E-state index < -0.39 is 5.97 Å². The molecule has 2 N–H and O–H groups in total. The summed E-state index contributed by atoms with van der Waals surface area (Å²) in [5.74, 6) is -0.908. The molecule has 0 aliphatic heterocycles. The van der Waals surface area contributed by atoms with E-state index in [1.54, 1.807) is 24.3 Å². The molecule has 134 valence electrons. The minimum absolute atomic E-state index is 0.000892. The molecular weight excluding hydrogens is 346 g/mol. The van der Waals surface area contributed by atoms with Gasteiger partial charge in [0.25, 0.3) is 5.56 Å². The maximum absolute atomic E-state index is 12.6. The summed E-state index contributed by atoms with van der Waals surface area (Å²) in [4.78, 5) is 39.9. The smallest absolute Gasteiger partial charge is 0.325 e. The summed E-state index contributed by atoms with van der Waals surface area (Å²) in [7, 11) is 1.24. The molecule has 0 saturated carbocycles. The van der Waals surface area contributed by atoms with Crippen LogP contribution in [0.5, 0.6) is 0 Å². The number of nitrogens with zero attached hydrogens (tertiary/aromatic N) is 2. The molecule has 0 aliphatic carbocycles. The number of carbonyl (C=O) groups is 2. The number of hydrogen-bond acceptors (Lipinski definition) is 7. The number of ether oxygens (including phenoxy) is 1. The Morgan fingerprint density at radius 3 is 2.84 bits per heavy atom. The van der Waals surface area contributed by atoms with Crippen molar-refractivity contribution >= 4 is 34.5 Å². The topological polar surface area (TPSA) is 111 Å². The van der Waals surface area contributed by atoms with Gasteiger partial charge in [-0.05, 0) is 18.6 Å². The summed E-state index contributed by atoms with van der Waals surface area (Å²) in [6.45, 7) is 0.0423. The van der Waals surface area contributed by atoms with E-state index in [9.17, 15) is 14.4 Å². The Balaban J connectivity index is 2.19. The van der Waals surface area contributed by atoms with Gasteiger partial charge in [0.05, 0.1) is 23.8 Å². The lowest BCUT2D eigenvalue weighted by atomic mass is 10.2. The van der Waals surface area contributed by atoms with Crippen molar-refractivity contribution in [3.8, 4) is 0 Å². The highest BCUT2D eigenvalue weighted by Crippen LogP contribution is 2.17. The maximum Gasteiger partial charge on any atom is 0.325 e. The number of aromatic nitrogens is 2. The van der Waals surface area contributed by atoms with E-state index in [0.717, 1.165) is 11.8 Å². The van der Waals surface area contributed by atoms with Gasteiger partial charge in [-0.3, -0.25) is 19.0 Å². The molecule has 1 heterocycles. The van der Waals surface area contributed by atoms with Gasteiger partial charge in [0.15, 0.2) is 5.16 Å². The van der Waals surface area contributed by atoms with E-state index in [1.807, 2.05) is 0 Å². The molecule has 8 nitrogen and oxygen atoms in total. The molecule has 1 amide bonds. The zero-order valence-electron chi connectivity index (χ0n) is 13.7. The van der Waals surface area contributed by atoms with Crippen molar-refractivity contribution in [3.63, 3.8) is 0 Å². The molecular formula is C16H19N3O5S. The number of thioether (sulfide) groups is 1. The molecule has 0 unspecified atom stereocenters. The zero-order valence-corrected chi connectivity index (χ0v) is 14.5. The van der Waals surface area contributed by atoms with Crippen molar-refractivity contribution < 1.29 is 19.4 Å². The number of methoxy groups -OCH3 is 1. The largest absolute Gasteiger partial charge is 0.468 e. The van der Waals surface area contributed by atoms with E-state index in [4.69, 9.17) is 5.11 Å². The first-order chi connectivity index (χ1) is 12.1. The summed E-state index contributed by atoms with van der Waals surface area (Å²) < 4.78 is 5.90. The fourth-order valence-electron chi connectivity index (χ4n) is 2.11. The van der Waals surface area contributed by atoms with Crippen LogP contribution in [-0.4, -0.2) is 52.5 Å². The molecule has 0 aliphatic rings. The van der Waals surface area contributed by atoms with Gasteiger partial charge in [-0.1, -0.05) is 23.9 Å². The predicted molar refractivity (Wildman–Crippen MR) is 93.5 cm³/mol. The highest BCUT2D eigenvalue weighted by Gasteiger charge is 2.13. The van der Waals surface area contributed by atoms with Crippen LogP contribution in [0.4, 0.5) is 0 Å². The number of carbonyl (C=O) groups excluding carboxylic acids is 2. The number of esters is 1.